The Morgan fingerprint density at radius 1 is 0.933 bits per heavy atom. The van der Waals surface area contributed by atoms with Crippen molar-refractivity contribution in [1.82, 2.24) is 0 Å². The van der Waals surface area contributed by atoms with Crippen LogP contribution in [0.1, 0.15) is 28.4 Å². The van der Waals surface area contributed by atoms with Gasteiger partial charge in [0.25, 0.3) is 5.91 Å². The van der Waals surface area contributed by atoms with Gasteiger partial charge in [0.1, 0.15) is 11.5 Å². The lowest BCUT2D eigenvalue weighted by molar-refractivity contribution is 0.102. The molecule has 0 spiro atoms. The first kappa shape index (κ1) is 21.5. The molecule has 3 aromatic rings. The molecule has 0 heterocycles. The zero-order chi connectivity index (χ0) is 21.5. The first-order chi connectivity index (χ1) is 14.5. The summed E-state index contributed by atoms with van der Waals surface area (Å²) in [6.45, 7) is 2.75. The summed E-state index contributed by atoms with van der Waals surface area (Å²) in [5.41, 5.74) is 4.41. The summed E-state index contributed by atoms with van der Waals surface area (Å²) in [5, 5.41) is 6.74. The summed E-state index contributed by atoms with van der Waals surface area (Å²) in [5.74, 6) is 0.678. The van der Waals surface area contributed by atoms with Gasteiger partial charge in [0.2, 0.25) is 0 Å². The standard InChI is InChI=1S/C24H25ClN2O3/c1-4-17-9-5-6-11-20(17)26-15-16-8-7-10-18(12-16)24(28)27-21-14-22(29-2)19(25)13-23(21)30-3/h5-14,26H,4,15H2,1-3H3,(H,27,28). The van der Waals surface area contributed by atoms with Gasteiger partial charge in [-0.15, -0.1) is 0 Å². The molecule has 0 fully saturated rings. The monoisotopic (exact) mass is 424 g/mol. The summed E-state index contributed by atoms with van der Waals surface area (Å²) in [7, 11) is 3.04. The summed E-state index contributed by atoms with van der Waals surface area (Å²) >= 11 is 6.14. The van der Waals surface area contributed by atoms with Gasteiger partial charge in [-0.3, -0.25) is 4.79 Å². The third-order valence-corrected chi connectivity index (χ3v) is 5.09. The molecule has 0 aliphatic heterocycles. The molecular formula is C24H25ClN2O3. The Labute approximate surface area is 182 Å². The van der Waals surface area contributed by atoms with Gasteiger partial charge in [-0.2, -0.15) is 0 Å². The van der Waals surface area contributed by atoms with Crippen molar-refractivity contribution in [3.05, 3.63) is 82.4 Å². The van der Waals surface area contributed by atoms with Crippen LogP contribution in [0.25, 0.3) is 0 Å². The fraction of sp³-hybridized carbons (Fsp3) is 0.208. The molecule has 0 aromatic heterocycles. The maximum atomic E-state index is 12.8. The number of carbonyl (C=O) groups excluding carboxylic acids is 1. The molecule has 3 aromatic carbocycles. The zero-order valence-electron chi connectivity index (χ0n) is 17.3. The minimum Gasteiger partial charge on any atom is -0.495 e. The minimum atomic E-state index is -0.242. The van der Waals surface area contributed by atoms with Gasteiger partial charge in [0.05, 0.1) is 24.9 Å². The highest BCUT2D eigenvalue weighted by molar-refractivity contribution is 6.32. The molecule has 5 nitrogen and oxygen atoms in total. The lowest BCUT2D eigenvalue weighted by Gasteiger charge is -2.14. The summed E-state index contributed by atoms with van der Waals surface area (Å²) in [6.07, 6.45) is 0.956. The van der Waals surface area contributed by atoms with Gasteiger partial charge in [0.15, 0.2) is 0 Å². The molecular weight excluding hydrogens is 400 g/mol. The van der Waals surface area contributed by atoms with Crippen molar-refractivity contribution in [2.45, 2.75) is 19.9 Å². The Balaban J connectivity index is 1.75. The predicted molar refractivity (Wildman–Crippen MR) is 122 cm³/mol. The van der Waals surface area contributed by atoms with Crippen molar-refractivity contribution < 1.29 is 14.3 Å². The number of ether oxygens (including phenoxy) is 2. The van der Waals surface area contributed by atoms with E-state index in [-0.39, 0.29) is 5.91 Å². The number of anilines is 2. The number of amides is 1. The first-order valence-electron chi connectivity index (χ1n) is 9.69. The van der Waals surface area contributed by atoms with Crippen molar-refractivity contribution in [3.63, 3.8) is 0 Å². The number of hydrogen-bond donors (Lipinski definition) is 2. The van der Waals surface area contributed by atoms with Crippen LogP contribution in [0.5, 0.6) is 11.5 Å². The van der Waals surface area contributed by atoms with Crippen LogP contribution in [0, 0.1) is 0 Å². The maximum Gasteiger partial charge on any atom is 0.255 e. The Morgan fingerprint density at radius 2 is 1.70 bits per heavy atom. The first-order valence-corrected chi connectivity index (χ1v) is 10.1. The van der Waals surface area contributed by atoms with E-state index in [9.17, 15) is 4.79 Å². The third-order valence-electron chi connectivity index (χ3n) is 4.79. The average Bonchev–Trinajstić information content (AvgIpc) is 2.78. The van der Waals surface area contributed by atoms with E-state index in [2.05, 4.69) is 29.7 Å². The molecule has 0 atom stereocenters. The van der Waals surface area contributed by atoms with Crippen LogP contribution in [0.15, 0.2) is 60.7 Å². The van der Waals surface area contributed by atoms with Crippen LogP contribution in [-0.2, 0) is 13.0 Å². The molecule has 156 valence electrons. The largest absolute Gasteiger partial charge is 0.495 e. The Bertz CT molecular complexity index is 1040. The fourth-order valence-electron chi connectivity index (χ4n) is 3.17. The molecule has 0 saturated heterocycles. The van der Waals surface area contributed by atoms with E-state index in [4.69, 9.17) is 21.1 Å². The average molecular weight is 425 g/mol. The van der Waals surface area contributed by atoms with E-state index in [1.54, 1.807) is 18.2 Å². The highest BCUT2D eigenvalue weighted by atomic mass is 35.5. The number of aryl methyl sites for hydroxylation is 1. The van der Waals surface area contributed by atoms with Crippen LogP contribution in [0.3, 0.4) is 0 Å². The number of methoxy groups -OCH3 is 2. The molecule has 0 radical (unpaired) electrons. The molecule has 3 rings (SSSR count). The number of para-hydroxylation sites is 1. The molecule has 30 heavy (non-hydrogen) atoms. The van der Waals surface area contributed by atoms with Gasteiger partial charge < -0.3 is 20.1 Å². The van der Waals surface area contributed by atoms with Crippen molar-refractivity contribution in [3.8, 4) is 11.5 Å². The van der Waals surface area contributed by atoms with Crippen LogP contribution >= 0.6 is 11.6 Å². The van der Waals surface area contributed by atoms with Gasteiger partial charge in [-0.25, -0.2) is 0 Å². The normalized spacial score (nSPS) is 10.4. The number of halogens is 1. The second-order valence-electron chi connectivity index (χ2n) is 6.71. The molecule has 0 aliphatic rings. The van der Waals surface area contributed by atoms with Crippen LogP contribution in [-0.4, -0.2) is 20.1 Å². The number of nitrogens with one attached hydrogen (secondary N) is 2. The molecule has 0 unspecified atom stereocenters. The topological polar surface area (TPSA) is 59.6 Å². The Kier molecular flexibility index (Phi) is 7.20. The number of carbonyl (C=O) groups is 1. The van der Waals surface area contributed by atoms with E-state index in [1.807, 2.05) is 30.3 Å². The molecule has 0 bridgehead atoms. The molecule has 6 heteroatoms. The lowest BCUT2D eigenvalue weighted by atomic mass is 10.1. The van der Waals surface area contributed by atoms with Crippen molar-refractivity contribution in [1.29, 1.82) is 0 Å². The molecule has 0 aliphatic carbocycles. The third kappa shape index (κ3) is 5.05. The number of rotatable bonds is 8. The van der Waals surface area contributed by atoms with E-state index in [0.717, 1.165) is 17.7 Å². The number of hydrogen-bond acceptors (Lipinski definition) is 4. The van der Waals surface area contributed by atoms with E-state index in [1.165, 1.54) is 19.8 Å². The predicted octanol–water partition coefficient (Wildman–Crippen LogP) is 5.78. The van der Waals surface area contributed by atoms with Gasteiger partial charge in [0, 0.05) is 29.9 Å². The Hall–Kier alpha value is -3.18. The quantitative estimate of drug-likeness (QED) is 0.481. The zero-order valence-corrected chi connectivity index (χ0v) is 18.0. The van der Waals surface area contributed by atoms with Gasteiger partial charge in [-0.1, -0.05) is 48.9 Å². The maximum absolute atomic E-state index is 12.8. The summed E-state index contributed by atoms with van der Waals surface area (Å²) in [4.78, 5) is 12.8. The molecule has 1 amide bonds. The summed E-state index contributed by atoms with van der Waals surface area (Å²) < 4.78 is 10.6. The van der Waals surface area contributed by atoms with Gasteiger partial charge in [-0.05, 0) is 35.7 Å². The lowest BCUT2D eigenvalue weighted by Crippen LogP contribution is -2.13. The van der Waals surface area contributed by atoms with Crippen molar-refractivity contribution in [2.75, 3.05) is 24.9 Å². The summed E-state index contributed by atoms with van der Waals surface area (Å²) in [6, 6.07) is 19.0. The second kappa shape index (κ2) is 10.0. The van der Waals surface area contributed by atoms with Gasteiger partial charge >= 0.3 is 0 Å². The van der Waals surface area contributed by atoms with E-state index in [0.29, 0.717) is 34.3 Å². The van der Waals surface area contributed by atoms with Crippen molar-refractivity contribution >= 4 is 28.9 Å². The minimum absolute atomic E-state index is 0.242. The molecule has 0 saturated carbocycles. The van der Waals surface area contributed by atoms with Crippen molar-refractivity contribution in [2.24, 2.45) is 0 Å². The van der Waals surface area contributed by atoms with Crippen LogP contribution in [0.4, 0.5) is 11.4 Å². The molecule has 2 N–H and O–H groups in total. The fourth-order valence-corrected chi connectivity index (χ4v) is 3.40. The van der Waals surface area contributed by atoms with E-state index >= 15 is 0 Å². The Morgan fingerprint density at radius 3 is 2.43 bits per heavy atom. The van der Waals surface area contributed by atoms with Crippen LogP contribution in [0.2, 0.25) is 5.02 Å². The smallest absolute Gasteiger partial charge is 0.255 e. The second-order valence-corrected chi connectivity index (χ2v) is 7.11. The SMILES string of the molecule is CCc1ccccc1NCc1cccc(C(=O)Nc2cc(OC)c(Cl)cc2OC)c1. The van der Waals surface area contributed by atoms with E-state index < -0.39 is 0 Å². The highest BCUT2D eigenvalue weighted by Crippen LogP contribution is 2.36. The van der Waals surface area contributed by atoms with Crippen LogP contribution < -0.4 is 20.1 Å². The number of benzene rings is 3. The highest BCUT2D eigenvalue weighted by Gasteiger charge is 2.14.